The van der Waals surface area contributed by atoms with Crippen LogP contribution < -0.4 is 0 Å². The third-order valence-corrected chi connectivity index (χ3v) is 8.49. The Kier molecular flexibility index (Phi) is 3.29. The van der Waals surface area contributed by atoms with Gasteiger partial charge in [-0.3, -0.25) is 0 Å². The average molecular weight is 291 g/mol. The monoisotopic (exact) mass is 290 g/mol. The molecule has 0 nitrogen and oxygen atoms in total. The molecule has 0 bridgehead atoms. The molecule has 1 heteroatoms. The first kappa shape index (κ1) is 13.7. The molecule has 3 saturated carbocycles. The lowest BCUT2D eigenvalue weighted by Crippen LogP contribution is -2.49. The molecule has 0 heterocycles. The fourth-order valence-corrected chi connectivity index (χ4v) is 7.32. The van der Waals surface area contributed by atoms with Crippen LogP contribution in [-0.2, 0) is 0 Å². The van der Waals surface area contributed by atoms with E-state index < -0.39 is 0 Å². The number of allylic oxidation sites excluding steroid dienone is 2. The zero-order valence-corrected chi connectivity index (χ0v) is 13.9. The summed E-state index contributed by atoms with van der Waals surface area (Å²) in [5.41, 5.74) is 3.05. The normalized spacial score (nSPS) is 50.9. The van der Waals surface area contributed by atoms with Crippen molar-refractivity contribution in [2.75, 3.05) is 5.75 Å². The van der Waals surface area contributed by atoms with Gasteiger partial charge in [-0.25, -0.2) is 0 Å². The van der Waals surface area contributed by atoms with E-state index in [1.165, 1.54) is 64.2 Å². The Labute approximate surface area is 130 Å². The van der Waals surface area contributed by atoms with Crippen molar-refractivity contribution < 1.29 is 0 Å². The van der Waals surface area contributed by atoms with Gasteiger partial charge < -0.3 is 0 Å². The van der Waals surface area contributed by atoms with Crippen LogP contribution in [0, 0.1) is 28.6 Å². The molecule has 5 atom stereocenters. The number of hydrogen-bond acceptors (Lipinski definition) is 1. The molecule has 20 heavy (non-hydrogen) atoms. The summed E-state index contributed by atoms with van der Waals surface area (Å²) in [6, 6.07) is 0. The van der Waals surface area contributed by atoms with Crippen LogP contribution in [0.25, 0.3) is 0 Å². The molecular formula is C19H30S. The highest BCUT2D eigenvalue weighted by Crippen LogP contribution is 2.65. The summed E-state index contributed by atoms with van der Waals surface area (Å²) in [5, 5.41) is 0. The van der Waals surface area contributed by atoms with Crippen LogP contribution in [-0.4, -0.2) is 5.75 Å². The van der Waals surface area contributed by atoms with Crippen molar-refractivity contribution in [2.45, 2.75) is 71.1 Å². The Morgan fingerprint density at radius 3 is 2.85 bits per heavy atom. The lowest BCUT2D eigenvalue weighted by molar-refractivity contribution is -0.0225. The largest absolute Gasteiger partial charge is 0.179 e. The third kappa shape index (κ3) is 1.74. The van der Waals surface area contributed by atoms with Gasteiger partial charge in [-0.1, -0.05) is 31.4 Å². The van der Waals surface area contributed by atoms with Crippen molar-refractivity contribution in [1.29, 1.82) is 0 Å². The topological polar surface area (TPSA) is 0 Å². The van der Waals surface area contributed by atoms with Crippen LogP contribution in [0.2, 0.25) is 0 Å². The lowest BCUT2D eigenvalue weighted by Gasteiger charge is -2.57. The van der Waals surface area contributed by atoms with Crippen LogP contribution in [0.5, 0.6) is 0 Å². The number of hydrogen-bond donors (Lipinski definition) is 1. The smallest absolute Gasteiger partial charge is 0.00384 e. The molecule has 112 valence electrons. The first-order valence-corrected chi connectivity index (χ1v) is 9.63. The minimum absolute atomic E-state index is 0.576. The molecule has 0 aromatic rings. The molecule has 0 saturated heterocycles. The second kappa shape index (κ2) is 4.80. The predicted octanol–water partition coefficient (Wildman–Crippen LogP) is 5.64. The fourth-order valence-electron chi connectivity index (χ4n) is 6.77. The summed E-state index contributed by atoms with van der Waals surface area (Å²) in [7, 11) is 0. The number of rotatable bonds is 1. The SMILES string of the molecule is C[C@]12CCCCC1=CC[C@H]1[C@@H]3CCC[C@@]3(CS)CC[C@@H]12. The van der Waals surface area contributed by atoms with Crippen molar-refractivity contribution in [3.8, 4) is 0 Å². The number of fused-ring (bicyclic) bond motifs is 5. The minimum Gasteiger partial charge on any atom is -0.179 e. The summed E-state index contributed by atoms with van der Waals surface area (Å²) in [4.78, 5) is 0. The van der Waals surface area contributed by atoms with E-state index in [0.717, 1.165) is 23.5 Å². The number of thiol groups is 1. The van der Waals surface area contributed by atoms with Gasteiger partial charge in [-0.05, 0) is 85.7 Å². The van der Waals surface area contributed by atoms with E-state index in [-0.39, 0.29) is 0 Å². The zero-order valence-electron chi connectivity index (χ0n) is 13.0. The second-order valence-corrected chi connectivity index (χ2v) is 8.73. The molecule has 0 spiro atoms. The predicted molar refractivity (Wildman–Crippen MR) is 89.1 cm³/mol. The highest BCUT2D eigenvalue weighted by molar-refractivity contribution is 7.80. The van der Waals surface area contributed by atoms with E-state index in [2.05, 4.69) is 13.0 Å². The quantitative estimate of drug-likeness (QED) is 0.469. The molecule has 4 rings (SSSR count). The van der Waals surface area contributed by atoms with Gasteiger partial charge in [0.15, 0.2) is 0 Å². The standard InChI is InChI=1S/C19H30S/c1-18-10-3-2-5-14(18)7-8-15-16(18)9-12-19(13-20)11-4-6-17(15)19/h7,15-17,20H,2-6,8-13H2,1H3/t15-,16+,17+,18+,19+/m1/s1. The van der Waals surface area contributed by atoms with E-state index in [1.54, 1.807) is 0 Å². The van der Waals surface area contributed by atoms with Gasteiger partial charge in [0, 0.05) is 0 Å². The summed E-state index contributed by atoms with van der Waals surface area (Å²) in [5.74, 6) is 4.13. The van der Waals surface area contributed by atoms with Crippen LogP contribution >= 0.6 is 12.6 Å². The minimum atomic E-state index is 0.576. The van der Waals surface area contributed by atoms with Gasteiger partial charge in [0.25, 0.3) is 0 Å². The highest BCUT2D eigenvalue weighted by Gasteiger charge is 2.56. The maximum atomic E-state index is 4.78. The molecule has 0 amide bonds. The Morgan fingerprint density at radius 1 is 1.10 bits per heavy atom. The highest BCUT2D eigenvalue weighted by atomic mass is 32.1. The maximum absolute atomic E-state index is 4.78. The Hall–Kier alpha value is 0.0900. The van der Waals surface area contributed by atoms with E-state index in [4.69, 9.17) is 12.6 Å². The van der Waals surface area contributed by atoms with Crippen molar-refractivity contribution >= 4 is 12.6 Å². The van der Waals surface area contributed by atoms with Gasteiger partial charge in [0.05, 0.1) is 0 Å². The first-order chi connectivity index (χ1) is 9.70. The average Bonchev–Trinajstić information content (AvgIpc) is 2.91. The Morgan fingerprint density at radius 2 is 2.00 bits per heavy atom. The second-order valence-electron chi connectivity index (χ2n) is 8.42. The Bertz CT molecular complexity index is 425. The van der Waals surface area contributed by atoms with Crippen LogP contribution in [0.15, 0.2) is 11.6 Å². The van der Waals surface area contributed by atoms with Crippen LogP contribution in [0.4, 0.5) is 0 Å². The Balaban J connectivity index is 1.69. The summed E-state index contributed by atoms with van der Waals surface area (Å²) in [6.45, 7) is 2.62. The molecule has 0 unspecified atom stereocenters. The van der Waals surface area contributed by atoms with E-state index in [9.17, 15) is 0 Å². The third-order valence-electron chi connectivity index (χ3n) is 7.86. The van der Waals surface area contributed by atoms with E-state index in [1.807, 2.05) is 5.57 Å². The molecule has 3 fully saturated rings. The van der Waals surface area contributed by atoms with Gasteiger partial charge in [-0.2, -0.15) is 12.6 Å². The van der Waals surface area contributed by atoms with E-state index >= 15 is 0 Å². The van der Waals surface area contributed by atoms with Crippen LogP contribution in [0.1, 0.15) is 71.1 Å². The summed E-state index contributed by atoms with van der Waals surface area (Å²) >= 11 is 4.78. The van der Waals surface area contributed by atoms with Gasteiger partial charge in [0.2, 0.25) is 0 Å². The van der Waals surface area contributed by atoms with Gasteiger partial charge >= 0.3 is 0 Å². The maximum Gasteiger partial charge on any atom is -0.00384 e. The van der Waals surface area contributed by atoms with Gasteiger partial charge in [-0.15, -0.1) is 0 Å². The van der Waals surface area contributed by atoms with E-state index in [0.29, 0.717) is 10.8 Å². The molecule has 0 radical (unpaired) electrons. The molecule has 4 aliphatic carbocycles. The molecule has 0 aromatic carbocycles. The lowest BCUT2D eigenvalue weighted by atomic mass is 9.48. The van der Waals surface area contributed by atoms with Crippen molar-refractivity contribution in [1.82, 2.24) is 0 Å². The molecular weight excluding hydrogens is 260 g/mol. The zero-order chi connectivity index (χ0) is 13.8. The fraction of sp³-hybridized carbons (Fsp3) is 0.895. The van der Waals surface area contributed by atoms with Crippen LogP contribution in [0.3, 0.4) is 0 Å². The molecule has 0 aromatic heterocycles. The molecule has 0 N–H and O–H groups in total. The summed E-state index contributed by atoms with van der Waals surface area (Å²) in [6.07, 6.45) is 17.3. The van der Waals surface area contributed by atoms with Crippen molar-refractivity contribution in [3.05, 3.63) is 11.6 Å². The molecule has 0 aliphatic heterocycles. The van der Waals surface area contributed by atoms with Gasteiger partial charge in [0.1, 0.15) is 0 Å². The van der Waals surface area contributed by atoms with Crippen molar-refractivity contribution in [3.63, 3.8) is 0 Å². The van der Waals surface area contributed by atoms with Crippen molar-refractivity contribution in [2.24, 2.45) is 28.6 Å². The first-order valence-electron chi connectivity index (χ1n) is 9.00. The molecule has 4 aliphatic rings. The summed E-state index contributed by atoms with van der Waals surface area (Å²) < 4.78 is 0.